The number of nitrogens with two attached hydrogens (primary N) is 1. The molecule has 0 radical (unpaired) electrons. The number of nitrogens with one attached hydrogen (secondary N) is 1. The number of halogens is 1. The third kappa shape index (κ3) is 4.72. The second-order valence-corrected chi connectivity index (χ2v) is 4.64. The number of ether oxygens (including phenoxy) is 2. The van der Waals surface area contributed by atoms with Crippen LogP contribution in [0.2, 0.25) is 0 Å². The van der Waals surface area contributed by atoms with E-state index in [1.807, 2.05) is 26.0 Å². The predicted molar refractivity (Wildman–Crippen MR) is 77.4 cm³/mol. The summed E-state index contributed by atoms with van der Waals surface area (Å²) < 4.78 is 11.7. The standard InChI is InChI=1S/C13H19BrN2O3/c1-3-16-12(17)8-19-13-10(14)5-9(7-15)6-11(13)18-4-2/h5-6H,3-4,7-8,15H2,1-2H3,(H,16,17). The van der Waals surface area contributed by atoms with Crippen molar-refractivity contribution < 1.29 is 14.3 Å². The van der Waals surface area contributed by atoms with Crippen LogP contribution in [-0.4, -0.2) is 25.7 Å². The number of hydrogen-bond donors (Lipinski definition) is 2. The topological polar surface area (TPSA) is 73.6 Å². The van der Waals surface area contributed by atoms with Crippen LogP contribution in [0.3, 0.4) is 0 Å². The molecule has 0 aromatic heterocycles. The van der Waals surface area contributed by atoms with Crippen LogP contribution in [0, 0.1) is 0 Å². The van der Waals surface area contributed by atoms with E-state index in [0.29, 0.717) is 31.2 Å². The van der Waals surface area contributed by atoms with E-state index in [4.69, 9.17) is 15.2 Å². The Morgan fingerprint density at radius 3 is 2.68 bits per heavy atom. The van der Waals surface area contributed by atoms with Crippen molar-refractivity contribution in [3.63, 3.8) is 0 Å². The zero-order valence-corrected chi connectivity index (χ0v) is 12.7. The number of carbonyl (C=O) groups excluding carboxylic acids is 1. The smallest absolute Gasteiger partial charge is 0.257 e. The predicted octanol–water partition coefficient (Wildman–Crippen LogP) is 1.82. The van der Waals surface area contributed by atoms with E-state index < -0.39 is 0 Å². The van der Waals surface area contributed by atoms with Gasteiger partial charge in [-0.15, -0.1) is 0 Å². The van der Waals surface area contributed by atoms with E-state index in [9.17, 15) is 4.79 Å². The van der Waals surface area contributed by atoms with Crippen molar-refractivity contribution in [2.45, 2.75) is 20.4 Å². The van der Waals surface area contributed by atoms with Gasteiger partial charge in [0.15, 0.2) is 18.1 Å². The Morgan fingerprint density at radius 1 is 1.37 bits per heavy atom. The van der Waals surface area contributed by atoms with Crippen LogP contribution in [0.25, 0.3) is 0 Å². The van der Waals surface area contributed by atoms with Crippen molar-refractivity contribution in [1.82, 2.24) is 5.32 Å². The summed E-state index contributed by atoms with van der Waals surface area (Å²) >= 11 is 3.41. The number of carbonyl (C=O) groups is 1. The molecule has 0 spiro atoms. The Hall–Kier alpha value is -1.27. The maximum Gasteiger partial charge on any atom is 0.257 e. The van der Waals surface area contributed by atoms with Gasteiger partial charge in [-0.05, 0) is 47.5 Å². The van der Waals surface area contributed by atoms with E-state index in [1.165, 1.54) is 0 Å². The van der Waals surface area contributed by atoms with Crippen LogP contribution in [0.15, 0.2) is 16.6 Å². The Kier molecular flexibility index (Phi) is 6.66. The summed E-state index contributed by atoms with van der Waals surface area (Å²) in [5, 5.41) is 2.67. The first-order chi connectivity index (χ1) is 9.12. The number of benzene rings is 1. The molecule has 0 aliphatic carbocycles. The van der Waals surface area contributed by atoms with Gasteiger partial charge in [0, 0.05) is 13.1 Å². The number of likely N-dealkylation sites (N-methyl/N-ethyl adjacent to an activating group) is 1. The van der Waals surface area contributed by atoms with E-state index in [-0.39, 0.29) is 12.5 Å². The molecule has 0 heterocycles. The number of hydrogen-bond acceptors (Lipinski definition) is 4. The highest BCUT2D eigenvalue weighted by molar-refractivity contribution is 9.10. The van der Waals surface area contributed by atoms with E-state index in [0.717, 1.165) is 10.0 Å². The quantitative estimate of drug-likeness (QED) is 0.799. The lowest BCUT2D eigenvalue weighted by atomic mass is 10.2. The maximum atomic E-state index is 11.4. The van der Waals surface area contributed by atoms with Gasteiger partial charge in [-0.2, -0.15) is 0 Å². The van der Waals surface area contributed by atoms with Crippen LogP contribution in [0.5, 0.6) is 11.5 Å². The lowest BCUT2D eigenvalue weighted by Gasteiger charge is -2.14. The van der Waals surface area contributed by atoms with Crippen LogP contribution >= 0.6 is 15.9 Å². The lowest BCUT2D eigenvalue weighted by molar-refractivity contribution is -0.123. The molecule has 1 aromatic rings. The Morgan fingerprint density at radius 2 is 2.11 bits per heavy atom. The van der Waals surface area contributed by atoms with Gasteiger partial charge in [0.25, 0.3) is 5.91 Å². The third-order valence-corrected chi connectivity index (χ3v) is 2.92. The summed E-state index contributed by atoms with van der Waals surface area (Å²) in [6.07, 6.45) is 0. The molecule has 19 heavy (non-hydrogen) atoms. The third-order valence-electron chi connectivity index (χ3n) is 2.33. The molecule has 106 valence electrons. The molecule has 0 fully saturated rings. The van der Waals surface area contributed by atoms with Gasteiger partial charge in [-0.3, -0.25) is 4.79 Å². The molecule has 6 heteroatoms. The zero-order valence-electron chi connectivity index (χ0n) is 11.2. The second-order valence-electron chi connectivity index (χ2n) is 3.78. The minimum Gasteiger partial charge on any atom is -0.490 e. The Labute approximate surface area is 121 Å². The van der Waals surface area contributed by atoms with Crippen LogP contribution in [0.4, 0.5) is 0 Å². The summed E-state index contributed by atoms with van der Waals surface area (Å²) in [5.41, 5.74) is 6.55. The molecule has 0 unspecified atom stereocenters. The molecule has 0 saturated heterocycles. The lowest BCUT2D eigenvalue weighted by Crippen LogP contribution is -2.28. The fourth-order valence-corrected chi connectivity index (χ4v) is 2.13. The molecule has 1 aromatic carbocycles. The maximum absolute atomic E-state index is 11.4. The Bertz CT molecular complexity index is 438. The molecule has 5 nitrogen and oxygen atoms in total. The monoisotopic (exact) mass is 330 g/mol. The van der Waals surface area contributed by atoms with Gasteiger partial charge in [0.1, 0.15) is 0 Å². The summed E-state index contributed by atoms with van der Waals surface area (Å²) in [6.45, 7) is 5.20. The first-order valence-electron chi connectivity index (χ1n) is 6.17. The van der Waals surface area contributed by atoms with Crippen LogP contribution in [-0.2, 0) is 11.3 Å². The van der Waals surface area contributed by atoms with E-state index in [1.54, 1.807) is 0 Å². The van der Waals surface area contributed by atoms with Crippen molar-refractivity contribution >= 4 is 21.8 Å². The largest absolute Gasteiger partial charge is 0.490 e. The number of amides is 1. The molecular formula is C13H19BrN2O3. The molecule has 0 saturated carbocycles. The van der Waals surface area contributed by atoms with Crippen LogP contribution < -0.4 is 20.5 Å². The van der Waals surface area contributed by atoms with E-state index >= 15 is 0 Å². The average molecular weight is 331 g/mol. The van der Waals surface area contributed by atoms with Gasteiger partial charge >= 0.3 is 0 Å². The molecular weight excluding hydrogens is 312 g/mol. The number of rotatable bonds is 7. The van der Waals surface area contributed by atoms with Crippen molar-refractivity contribution in [1.29, 1.82) is 0 Å². The zero-order chi connectivity index (χ0) is 14.3. The first kappa shape index (κ1) is 15.8. The fraction of sp³-hybridized carbons (Fsp3) is 0.462. The molecule has 3 N–H and O–H groups in total. The van der Waals surface area contributed by atoms with Crippen molar-refractivity contribution in [3.05, 3.63) is 22.2 Å². The summed E-state index contributed by atoms with van der Waals surface area (Å²) in [5.74, 6) is 0.937. The van der Waals surface area contributed by atoms with Gasteiger partial charge in [0.2, 0.25) is 0 Å². The van der Waals surface area contributed by atoms with Gasteiger partial charge in [0.05, 0.1) is 11.1 Å². The average Bonchev–Trinajstić information content (AvgIpc) is 2.38. The fourth-order valence-electron chi connectivity index (χ4n) is 1.53. The van der Waals surface area contributed by atoms with E-state index in [2.05, 4.69) is 21.2 Å². The highest BCUT2D eigenvalue weighted by Crippen LogP contribution is 2.36. The van der Waals surface area contributed by atoms with Gasteiger partial charge in [-0.1, -0.05) is 0 Å². The Balaban J connectivity index is 2.88. The molecule has 0 atom stereocenters. The highest BCUT2D eigenvalue weighted by Gasteiger charge is 2.13. The minimum absolute atomic E-state index is 0.0471. The first-order valence-corrected chi connectivity index (χ1v) is 6.96. The van der Waals surface area contributed by atoms with Crippen molar-refractivity contribution in [2.24, 2.45) is 5.73 Å². The molecule has 0 aliphatic rings. The molecule has 0 aliphatic heterocycles. The molecule has 1 amide bonds. The minimum atomic E-state index is -0.167. The highest BCUT2D eigenvalue weighted by atomic mass is 79.9. The second kappa shape index (κ2) is 8.01. The summed E-state index contributed by atoms with van der Waals surface area (Å²) in [4.78, 5) is 11.4. The molecule has 0 bridgehead atoms. The van der Waals surface area contributed by atoms with Crippen molar-refractivity contribution in [3.8, 4) is 11.5 Å². The van der Waals surface area contributed by atoms with Gasteiger partial charge < -0.3 is 20.5 Å². The normalized spacial score (nSPS) is 10.1. The SMILES string of the molecule is CCNC(=O)COc1c(Br)cc(CN)cc1OCC. The molecule has 1 rings (SSSR count). The summed E-state index contributed by atoms with van der Waals surface area (Å²) in [6, 6.07) is 3.68. The summed E-state index contributed by atoms with van der Waals surface area (Å²) in [7, 11) is 0. The van der Waals surface area contributed by atoms with Gasteiger partial charge in [-0.25, -0.2) is 0 Å². The van der Waals surface area contributed by atoms with Crippen LogP contribution in [0.1, 0.15) is 19.4 Å². The van der Waals surface area contributed by atoms with Crippen molar-refractivity contribution in [2.75, 3.05) is 19.8 Å².